The number of hydrogen-bond donors (Lipinski definition) is 1. The monoisotopic (exact) mass is 319 g/mol. The zero-order valence-electron chi connectivity index (χ0n) is 14.9. The van der Waals surface area contributed by atoms with E-state index in [4.69, 9.17) is 4.74 Å². The lowest BCUT2D eigenvalue weighted by Crippen LogP contribution is -2.34. The predicted octanol–water partition coefficient (Wildman–Crippen LogP) is 3.70. The van der Waals surface area contributed by atoms with Crippen LogP contribution in [0.5, 0.6) is 0 Å². The molecule has 1 fully saturated rings. The number of rotatable bonds is 4. The Morgan fingerprint density at radius 2 is 2.04 bits per heavy atom. The number of anilines is 1. The van der Waals surface area contributed by atoms with Crippen molar-refractivity contribution in [1.29, 1.82) is 0 Å². The number of ether oxygens (including phenoxy) is 1. The minimum atomic E-state index is -0.477. The van der Waals surface area contributed by atoms with E-state index >= 15 is 0 Å². The molecule has 1 N–H and O–H groups in total. The quantitative estimate of drug-likeness (QED) is 0.919. The topological polar surface area (TPSA) is 64.1 Å². The number of aromatic nitrogens is 2. The third kappa shape index (κ3) is 5.27. The molecule has 0 unspecified atom stereocenters. The average Bonchev–Trinajstić information content (AvgIpc) is 2.46. The van der Waals surface area contributed by atoms with Gasteiger partial charge in [-0.2, -0.15) is 5.10 Å². The van der Waals surface area contributed by atoms with E-state index in [0.717, 1.165) is 18.5 Å². The third-order valence-corrected chi connectivity index (χ3v) is 4.34. The first kappa shape index (κ1) is 17.9. The van der Waals surface area contributed by atoms with Gasteiger partial charge in [0.1, 0.15) is 6.10 Å². The molecule has 0 radical (unpaired) electrons. The van der Waals surface area contributed by atoms with E-state index in [9.17, 15) is 4.79 Å². The van der Waals surface area contributed by atoms with Crippen molar-refractivity contribution < 1.29 is 9.53 Å². The summed E-state index contributed by atoms with van der Waals surface area (Å²) in [5.74, 6) is 0.983. The minimum absolute atomic E-state index is 0.0520. The number of nitrogens with zero attached hydrogens (tertiary/aromatic N) is 2. The van der Waals surface area contributed by atoms with Crippen LogP contribution < -0.4 is 5.32 Å². The molecule has 1 heterocycles. The van der Waals surface area contributed by atoms with E-state index in [-0.39, 0.29) is 17.4 Å². The van der Waals surface area contributed by atoms with E-state index < -0.39 is 6.10 Å². The molecule has 128 valence electrons. The highest BCUT2D eigenvalue weighted by Crippen LogP contribution is 2.26. The fourth-order valence-corrected chi connectivity index (χ4v) is 2.88. The van der Waals surface area contributed by atoms with Crippen LogP contribution in [0.2, 0.25) is 0 Å². The molecule has 3 atom stereocenters. The van der Waals surface area contributed by atoms with E-state index in [1.54, 1.807) is 13.0 Å². The van der Waals surface area contributed by atoms with Crippen LogP contribution in [0.4, 0.5) is 5.82 Å². The smallest absolute Gasteiger partial charge is 0.254 e. The van der Waals surface area contributed by atoms with E-state index in [1.165, 1.54) is 12.8 Å². The fourth-order valence-electron chi connectivity index (χ4n) is 2.88. The standard InChI is InChI=1S/C18H29N3O2/c1-12-7-6-8-14(11-12)23-13(2)17(22)19-16-10-9-15(20-21-16)18(3,4)5/h9-10,12-14H,6-8,11H2,1-5H3,(H,19,21,22)/t12-,13-,14-/m1/s1. The summed E-state index contributed by atoms with van der Waals surface area (Å²) in [6, 6.07) is 3.69. The SMILES string of the molecule is C[C@@H]1CCC[C@@H](O[C@H](C)C(=O)Nc2ccc(C(C)(C)C)nn2)C1. The zero-order valence-corrected chi connectivity index (χ0v) is 14.9. The molecule has 0 aromatic carbocycles. The Labute approximate surface area is 139 Å². The Morgan fingerprint density at radius 1 is 1.30 bits per heavy atom. The molecule has 5 heteroatoms. The number of carbonyl (C=O) groups is 1. The van der Waals surface area contributed by atoms with Crippen LogP contribution in [0.15, 0.2) is 12.1 Å². The minimum Gasteiger partial charge on any atom is -0.365 e. The van der Waals surface area contributed by atoms with Gasteiger partial charge in [0.15, 0.2) is 5.82 Å². The summed E-state index contributed by atoms with van der Waals surface area (Å²) >= 11 is 0. The van der Waals surface area contributed by atoms with Gasteiger partial charge in [-0.05, 0) is 37.8 Å². The van der Waals surface area contributed by atoms with Crippen LogP contribution in [0, 0.1) is 5.92 Å². The lowest BCUT2D eigenvalue weighted by Gasteiger charge is -2.28. The molecule has 1 aliphatic carbocycles. The summed E-state index contributed by atoms with van der Waals surface area (Å²) < 4.78 is 5.91. The van der Waals surface area contributed by atoms with Gasteiger partial charge in [-0.25, -0.2) is 0 Å². The van der Waals surface area contributed by atoms with E-state index in [2.05, 4.69) is 43.2 Å². The largest absolute Gasteiger partial charge is 0.365 e. The van der Waals surface area contributed by atoms with Gasteiger partial charge in [-0.3, -0.25) is 4.79 Å². The van der Waals surface area contributed by atoms with Crippen molar-refractivity contribution in [2.45, 2.75) is 77.9 Å². The molecule has 23 heavy (non-hydrogen) atoms. The van der Waals surface area contributed by atoms with Gasteiger partial charge < -0.3 is 10.1 Å². The normalized spacial score (nSPS) is 23.3. The summed E-state index contributed by atoms with van der Waals surface area (Å²) in [6.45, 7) is 10.3. The first-order valence-electron chi connectivity index (χ1n) is 8.56. The average molecular weight is 319 g/mol. The van der Waals surface area contributed by atoms with Crippen molar-refractivity contribution >= 4 is 11.7 Å². The maximum Gasteiger partial charge on any atom is 0.254 e. The second kappa shape index (κ2) is 7.39. The Bertz CT molecular complexity index is 522. The summed E-state index contributed by atoms with van der Waals surface area (Å²) in [6.07, 6.45) is 4.23. The molecule has 1 aromatic rings. The number of amides is 1. The molecule has 0 aliphatic heterocycles. The van der Waals surface area contributed by atoms with Gasteiger partial charge in [-0.15, -0.1) is 5.10 Å². The Morgan fingerprint density at radius 3 is 2.61 bits per heavy atom. The Balaban J connectivity index is 1.88. The second-order valence-corrected chi connectivity index (χ2v) is 7.72. The Hall–Kier alpha value is -1.49. The first-order valence-corrected chi connectivity index (χ1v) is 8.56. The molecule has 0 spiro atoms. The molecule has 2 rings (SSSR count). The molecule has 0 saturated heterocycles. The van der Waals surface area contributed by atoms with Crippen LogP contribution >= 0.6 is 0 Å². The highest BCUT2D eigenvalue weighted by molar-refractivity contribution is 5.92. The van der Waals surface area contributed by atoms with Crippen molar-refractivity contribution in [3.63, 3.8) is 0 Å². The number of carbonyl (C=O) groups excluding carboxylic acids is 1. The second-order valence-electron chi connectivity index (χ2n) is 7.72. The molecule has 1 saturated carbocycles. The van der Waals surface area contributed by atoms with Crippen LogP contribution in [0.25, 0.3) is 0 Å². The third-order valence-electron chi connectivity index (χ3n) is 4.34. The molecule has 1 aromatic heterocycles. The molecular formula is C18H29N3O2. The summed E-state index contributed by atoms with van der Waals surface area (Å²) in [7, 11) is 0. The van der Waals surface area contributed by atoms with Gasteiger partial charge in [0, 0.05) is 5.41 Å². The summed E-state index contributed by atoms with van der Waals surface area (Å²) in [4.78, 5) is 12.2. The molecule has 1 amide bonds. The summed E-state index contributed by atoms with van der Waals surface area (Å²) in [5.41, 5.74) is 0.847. The maximum atomic E-state index is 12.2. The molecule has 1 aliphatic rings. The highest BCUT2D eigenvalue weighted by Gasteiger charge is 2.24. The van der Waals surface area contributed by atoms with Gasteiger partial charge in [0.25, 0.3) is 5.91 Å². The Kier molecular flexibility index (Phi) is 5.74. The maximum absolute atomic E-state index is 12.2. The summed E-state index contributed by atoms with van der Waals surface area (Å²) in [5, 5.41) is 11.1. The van der Waals surface area contributed by atoms with E-state index in [0.29, 0.717) is 11.7 Å². The van der Waals surface area contributed by atoms with Crippen LogP contribution in [-0.4, -0.2) is 28.3 Å². The van der Waals surface area contributed by atoms with Crippen LogP contribution in [0.1, 0.15) is 66.0 Å². The highest BCUT2D eigenvalue weighted by atomic mass is 16.5. The van der Waals surface area contributed by atoms with Gasteiger partial charge >= 0.3 is 0 Å². The van der Waals surface area contributed by atoms with E-state index in [1.807, 2.05) is 6.07 Å². The zero-order chi connectivity index (χ0) is 17.0. The van der Waals surface area contributed by atoms with Gasteiger partial charge in [-0.1, -0.05) is 40.5 Å². The fraction of sp³-hybridized carbons (Fsp3) is 0.722. The van der Waals surface area contributed by atoms with Crippen molar-refractivity contribution in [3.8, 4) is 0 Å². The van der Waals surface area contributed by atoms with Crippen LogP contribution in [-0.2, 0) is 14.9 Å². The van der Waals surface area contributed by atoms with Crippen LogP contribution in [0.3, 0.4) is 0 Å². The van der Waals surface area contributed by atoms with Crippen molar-refractivity contribution in [3.05, 3.63) is 17.8 Å². The lowest BCUT2D eigenvalue weighted by atomic mass is 9.88. The van der Waals surface area contributed by atoms with Crippen molar-refractivity contribution in [2.24, 2.45) is 5.92 Å². The van der Waals surface area contributed by atoms with Crippen molar-refractivity contribution in [2.75, 3.05) is 5.32 Å². The first-order chi connectivity index (χ1) is 10.8. The molecular weight excluding hydrogens is 290 g/mol. The number of nitrogens with one attached hydrogen (secondary N) is 1. The number of hydrogen-bond acceptors (Lipinski definition) is 4. The van der Waals surface area contributed by atoms with Crippen molar-refractivity contribution in [1.82, 2.24) is 10.2 Å². The van der Waals surface area contributed by atoms with Gasteiger partial charge in [0.05, 0.1) is 11.8 Å². The predicted molar refractivity (Wildman–Crippen MR) is 91.3 cm³/mol. The lowest BCUT2D eigenvalue weighted by molar-refractivity contribution is -0.131. The van der Waals surface area contributed by atoms with Gasteiger partial charge in [0.2, 0.25) is 0 Å². The molecule has 0 bridgehead atoms. The molecule has 5 nitrogen and oxygen atoms in total.